The third-order valence-corrected chi connectivity index (χ3v) is 2.93. The molecule has 0 bridgehead atoms. The Bertz CT molecular complexity index is 393. The van der Waals surface area contributed by atoms with Gasteiger partial charge in [-0.05, 0) is 49.3 Å². The summed E-state index contributed by atoms with van der Waals surface area (Å²) in [6.07, 6.45) is 2.43. The lowest BCUT2D eigenvalue weighted by Crippen LogP contribution is -2.41. The van der Waals surface area contributed by atoms with Gasteiger partial charge in [-0.15, -0.1) is 0 Å². The van der Waals surface area contributed by atoms with Crippen LogP contribution in [0.1, 0.15) is 12.8 Å². The van der Waals surface area contributed by atoms with E-state index in [0.29, 0.717) is 11.7 Å². The number of halogens is 1. The Labute approximate surface area is 111 Å². The number of hydrazine groups is 1. The largest absolute Gasteiger partial charge is 0.376 e. The van der Waals surface area contributed by atoms with E-state index in [1.165, 1.54) is 12.1 Å². The highest BCUT2D eigenvalue weighted by atomic mass is 32.1. The summed E-state index contributed by atoms with van der Waals surface area (Å²) in [7, 11) is 0. The summed E-state index contributed by atoms with van der Waals surface area (Å²) in [5, 5.41) is 3.56. The minimum Gasteiger partial charge on any atom is -0.376 e. The van der Waals surface area contributed by atoms with E-state index < -0.39 is 0 Å². The topological polar surface area (TPSA) is 45.3 Å². The number of nitrogens with one attached hydrogen (secondary N) is 3. The molecule has 0 spiro atoms. The van der Waals surface area contributed by atoms with Gasteiger partial charge in [0.1, 0.15) is 5.82 Å². The maximum absolute atomic E-state index is 12.7. The molecule has 1 aliphatic heterocycles. The molecule has 2 rings (SSSR count). The minimum absolute atomic E-state index is 0.246. The summed E-state index contributed by atoms with van der Waals surface area (Å²) < 4.78 is 18.1. The summed E-state index contributed by atoms with van der Waals surface area (Å²) >= 11 is 5.10. The monoisotopic (exact) mass is 269 g/mol. The van der Waals surface area contributed by atoms with Gasteiger partial charge in [0.25, 0.3) is 0 Å². The van der Waals surface area contributed by atoms with Crippen LogP contribution in [-0.4, -0.2) is 24.4 Å². The van der Waals surface area contributed by atoms with Gasteiger partial charge >= 0.3 is 0 Å². The lowest BCUT2D eigenvalue weighted by molar-refractivity contribution is 0.114. The summed E-state index contributed by atoms with van der Waals surface area (Å²) in [6.45, 7) is 1.54. The van der Waals surface area contributed by atoms with Crippen molar-refractivity contribution in [2.45, 2.75) is 18.9 Å². The standard InChI is InChI=1S/C12H16FN3OS/c13-9-3-5-10(6-4-9)15-16-12(18)14-8-11-2-1-7-17-11/h3-6,11,15H,1-2,7-8H2,(H2,14,16,18)/t11-/m0/s1. The van der Waals surface area contributed by atoms with Crippen molar-refractivity contribution in [3.8, 4) is 0 Å². The molecule has 98 valence electrons. The van der Waals surface area contributed by atoms with Gasteiger partial charge in [0.2, 0.25) is 0 Å². The van der Waals surface area contributed by atoms with Crippen LogP contribution in [0.15, 0.2) is 24.3 Å². The molecule has 18 heavy (non-hydrogen) atoms. The maximum Gasteiger partial charge on any atom is 0.185 e. The van der Waals surface area contributed by atoms with Crippen molar-refractivity contribution in [2.24, 2.45) is 0 Å². The Hall–Kier alpha value is -1.40. The normalized spacial score (nSPS) is 18.4. The van der Waals surface area contributed by atoms with Crippen LogP contribution in [0, 0.1) is 5.82 Å². The number of hydrogen-bond acceptors (Lipinski definition) is 3. The Morgan fingerprint density at radius 2 is 2.17 bits per heavy atom. The summed E-state index contributed by atoms with van der Waals surface area (Å²) in [5.41, 5.74) is 6.47. The number of hydrogen-bond donors (Lipinski definition) is 3. The molecule has 0 saturated carbocycles. The van der Waals surface area contributed by atoms with Crippen LogP contribution < -0.4 is 16.2 Å². The van der Waals surface area contributed by atoms with Gasteiger partial charge in [0.05, 0.1) is 11.8 Å². The number of rotatable bonds is 4. The lowest BCUT2D eigenvalue weighted by atomic mass is 10.2. The van der Waals surface area contributed by atoms with Gasteiger partial charge in [0, 0.05) is 13.2 Å². The molecule has 0 aliphatic carbocycles. The third kappa shape index (κ3) is 4.12. The molecule has 0 amide bonds. The number of anilines is 1. The Morgan fingerprint density at radius 1 is 1.39 bits per heavy atom. The molecular weight excluding hydrogens is 253 g/mol. The molecule has 1 atom stereocenters. The summed E-state index contributed by atoms with van der Waals surface area (Å²) in [4.78, 5) is 0. The molecule has 0 unspecified atom stereocenters. The smallest absolute Gasteiger partial charge is 0.185 e. The van der Waals surface area contributed by atoms with Crippen molar-refractivity contribution < 1.29 is 9.13 Å². The van der Waals surface area contributed by atoms with E-state index in [-0.39, 0.29) is 11.9 Å². The summed E-state index contributed by atoms with van der Waals surface area (Å²) in [6, 6.07) is 6.02. The zero-order valence-corrected chi connectivity index (χ0v) is 10.7. The van der Waals surface area contributed by atoms with Gasteiger partial charge < -0.3 is 10.1 Å². The van der Waals surface area contributed by atoms with Crippen molar-refractivity contribution in [3.05, 3.63) is 30.1 Å². The van der Waals surface area contributed by atoms with Gasteiger partial charge in [-0.3, -0.25) is 10.9 Å². The predicted molar refractivity (Wildman–Crippen MR) is 72.7 cm³/mol. The summed E-state index contributed by atoms with van der Waals surface area (Å²) in [5.74, 6) is -0.264. The first-order valence-electron chi connectivity index (χ1n) is 5.91. The highest BCUT2D eigenvalue weighted by molar-refractivity contribution is 7.80. The van der Waals surface area contributed by atoms with E-state index in [0.717, 1.165) is 25.1 Å². The van der Waals surface area contributed by atoms with Crippen molar-refractivity contribution >= 4 is 23.0 Å². The van der Waals surface area contributed by atoms with Gasteiger partial charge in [-0.1, -0.05) is 0 Å². The number of benzene rings is 1. The zero-order chi connectivity index (χ0) is 12.8. The van der Waals surface area contributed by atoms with Crippen molar-refractivity contribution in [2.75, 3.05) is 18.6 Å². The van der Waals surface area contributed by atoms with Crippen molar-refractivity contribution in [1.82, 2.24) is 10.7 Å². The van der Waals surface area contributed by atoms with Gasteiger partial charge in [-0.25, -0.2) is 4.39 Å². The third-order valence-electron chi connectivity index (χ3n) is 2.68. The molecule has 1 heterocycles. The average molecular weight is 269 g/mol. The fourth-order valence-corrected chi connectivity index (χ4v) is 1.85. The molecule has 1 fully saturated rings. The molecule has 3 N–H and O–H groups in total. The fourth-order valence-electron chi connectivity index (χ4n) is 1.72. The molecule has 1 aromatic rings. The lowest BCUT2D eigenvalue weighted by Gasteiger charge is -2.15. The molecule has 1 aliphatic rings. The first kappa shape index (κ1) is 13.0. The van der Waals surface area contributed by atoms with Crippen molar-refractivity contribution in [1.29, 1.82) is 0 Å². The maximum atomic E-state index is 12.7. The number of thiocarbonyl (C=S) groups is 1. The van der Waals surface area contributed by atoms with Crippen LogP contribution in [0.5, 0.6) is 0 Å². The fraction of sp³-hybridized carbons (Fsp3) is 0.417. The quantitative estimate of drug-likeness (QED) is 0.574. The molecule has 6 heteroatoms. The second kappa shape index (κ2) is 6.51. The van der Waals surface area contributed by atoms with Crippen molar-refractivity contribution in [3.63, 3.8) is 0 Å². The predicted octanol–water partition coefficient (Wildman–Crippen LogP) is 1.80. The first-order chi connectivity index (χ1) is 8.74. The highest BCUT2D eigenvalue weighted by Crippen LogP contribution is 2.10. The molecule has 1 saturated heterocycles. The van der Waals surface area contributed by atoms with Crippen LogP contribution in [0.4, 0.5) is 10.1 Å². The molecule has 0 aromatic heterocycles. The van der Waals surface area contributed by atoms with Crippen LogP contribution in [0.25, 0.3) is 0 Å². The van der Waals surface area contributed by atoms with Crippen LogP contribution in [0.2, 0.25) is 0 Å². The van der Waals surface area contributed by atoms with E-state index in [9.17, 15) is 4.39 Å². The second-order valence-corrected chi connectivity index (χ2v) is 4.51. The van der Waals surface area contributed by atoms with Gasteiger partial charge in [-0.2, -0.15) is 0 Å². The first-order valence-corrected chi connectivity index (χ1v) is 6.32. The van der Waals surface area contributed by atoms with Crippen LogP contribution >= 0.6 is 12.2 Å². The van der Waals surface area contributed by atoms with E-state index in [1.54, 1.807) is 12.1 Å². The Kier molecular flexibility index (Phi) is 4.72. The minimum atomic E-state index is -0.264. The number of ether oxygens (including phenoxy) is 1. The van der Waals surface area contributed by atoms with E-state index >= 15 is 0 Å². The van der Waals surface area contributed by atoms with E-state index in [1.807, 2.05) is 0 Å². The van der Waals surface area contributed by atoms with E-state index in [2.05, 4.69) is 16.2 Å². The molecule has 4 nitrogen and oxygen atoms in total. The Morgan fingerprint density at radius 3 is 2.83 bits per heavy atom. The van der Waals surface area contributed by atoms with Crippen LogP contribution in [-0.2, 0) is 4.74 Å². The molecular formula is C12H16FN3OS. The Balaban J connectivity index is 1.66. The highest BCUT2D eigenvalue weighted by Gasteiger charge is 2.14. The second-order valence-electron chi connectivity index (χ2n) is 4.10. The molecule has 1 aromatic carbocycles. The zero-order valence-electron chi connectivity index (χ0n) is 9.91. The van der Waals surface area contributed by atoms with E-state index in [4.69, 9.17) is 17.0 Å². The molecule has 0 radical (unpaired) electrons. The van der Waals surface area contributed by atoms with Gasteiger partial charge in [0.15, 0.2) is 5.11 Å². The SMILES string of the molecule is Fc1ccc(NNC(=S)NC[C@@H]2CCCO2)cc1. The van der Waals surface area contributed by atoms with Crippen LogP contribution in [0.3, 0.4) is 0 Å². The average Bonchev–Trinajstić information content (AvgIpc) is 2.89.